The van der Waals surface area contributed by atoms with E-state index in [1.165, 1.54) is 0 Å². The molecule has 0 unspecified atom stereocenters. The van der Waals surface area contributed by atoms with Gasteiger partial charge in [-0.3, -0.25) is 4.99 Å². The second kappa shape index (κ2) is 8.07. The van der Waals surface area contributed by atoms with Gasteiger partial charge in [-0.25, -0.2) is 0 Å². The highest BCUT2D eigenvalue weighted by Crippen LogP contribution is 2.13. The van der Waals surface area contributed by atoms with Crippen LogP contribution in [0, 0.1) is 0 Å². The predicted octanol–water partition coefficient (Wildman–Crippen LogP) is 0.284. The van der Waals surface area contributed by atoms with Crippen LogP contribution in [0.2, 0.25) is 6.04 Å². The maximum atomic E-state index is 5.30. The van der Waals surface area contributed by atoms with Gasteiger partial charge >= 0.3 is 8.80 Å². The molecule has 0 spiro atoms. The standard InChI is InChI=1S/C8H20N2O3Si/c1-11-14(12-2,13-3)8-4-6-10-7-5-9/h6H,4-5,7-9H2,1-3H3. The predicted molar refractivity (Wildman–Crippen MR) is 58.6 cm³/mol. The first-order valence-electron chi connectivity index (χ1n) is 4.58. The molecule has 0 aliphatic rings. The van der Waals surface area contributed by atoms with Crippen molar-refractivity contribution in [3.63, 3.8) is 0 Å². The van der Waals surface area contributed by atoms with Gasteiger partial charge in [0.2, 0.25) is 0 Å². The summed E-state index contributed by atoms with van der Waals surface area (Å²) < 4.78 is 15.8. The van der Waals surface area contributed by atoms with Crippen LogP contribution in [-0.4, -0.2) is 49.4 Å². The van der Waals surface area contributed by atoms with Crippen LogP contribution >= 0.6 is 0 Å². The van der Waals surface area contributed by atoms with E-state index in [1.807, 2.05) is 6.21 Å². The van der Waals surface area contributed by atoms with Crippen molar-refractivity contribution in [1.82, 2.24) is 0 Å². The average Bonchev–Trinajstić information content (AvgIpc) is 2.24. The first-order valence-corrected chi connectivity index (χ1v) is 6.51. The molecule has 0 atom stereocenters. The Kier molecular flexibility index (Phi) is 7.91. The van der Waals surface area contributed by atoms with Crippen molar-refractivity contribution in [2.75, 3.05) is 34.4 Å². The zero-order valence-corrected chi connectivity index (χ0v) is 10.2. The highest BCUT2D eigenvalue weighted by Gasteiger charge is 2.36. The SMILES string of the molecule is CO[Si](CCC=NCCN)(OC)OC. The van der Waals surface area contributed by atoms with Gasteiger partial charge in [0.1, 0.15) is 0 Å². The Hall–Kier alpha value is -0.273. The summed E-state index contributed by atoms with van der Waals surface area (Å²) in [6, 6.07) is 0.741. The summed E-state index contributed by atoms with van der Waals surface area (Å²) in [5.41, 5.74) is 5.30. The summed E-state index contributed by atoms with van der Waals surface area (Å²) >= 11 is 0. The van der Waals surface area contributed by atoms with Crippen LogP contribution in [0.1, 0.15) is 6.42 Å². The second-order valence-electron chi connectivity index (χ2n) is 2.71. The van der Waals surface area contributed by atoms with Gasteiger partial charge in [-0.15, -0.1) is 0 Å². The fourth-order valence-electron chi connectivity index (χ4n) is 1.05. The van der Waals surface area contributed by atoms with Gasteiger partial charge in [0.05, 0.1) is 6.54 Å². The minimum Gasteiger partial charge on any atom is -0.377 e. The molecule has 0 aromatic rings. The lowest BCUT2D eigenvalue weighted by Crippen LogP contribution is -2.42. The smallest absolute Gasteiger partial charge is 0.377 e. The Morgan fingerprint density at radius 1 is 1.21 bits per heavy atom. The third kappa shape index (κ3) is 4.82. The molecular formula is C8H20N2O3Si. The van der Waals surface area contributed by atoms with Crippen LogP contribution in [-0.2, 0) is 13.3 Å². The van der Waals surface area contributed by atoms with E-state index in [0.29, 0.717) is 13.1 Å². The lowest BCUT2D eigenvalue weighted by Gasteiger charge is -2.23. The van der Waals surface area contributed by atoms with Gasteiger partial charge in [-0.2, -0.15) is 0 Å². The van der Waals surface area contributed by atoms with E-state index in [9.17, 15) is 0 Å². The van der Waals surface area contributed by atoms with Crippen LogP contribution in [0.15, 0.2) is 4.99 Å². The van der Waals surface area contributed by atoms with Gasteiger partial charge in [-0.1, -0.05) is 0 Å². The number of aliphatic imine (C=N–C) groups is 1. The molecule has 0 saturated carbocycles. The summed E-state index contributed by atoms with van der Waals surface area (Å²) in [7, 11) is 2.42. The molecule has 14 heavy (non-hydrogen) atoms. The molecule has 0 saturated heterocycles. The van der Waals surface area contributed by atoms with Crippen LogP contribution in [0.5, 0.6) is 0 Å². The second-order valence-corrected chi connectivity index (χ2v) is 5.80. The molecule has 0 aromatic heterocycles. The van der Waals surface area contributed by atoms with Crippen molar-refractivity contribution in [3.05, 3.63) is 0 Å². The molecule has 0 heterocycles. The summed E-state index contributed by atoms with van der Waals surface area (Å²) in [6.07, 6.45) is 2.63. The highest BCUT2D eigenvalue weighted by molar-refractivity contribution is 6.60. The molecule has 5 nitrogen and oxygen atoms in total. The number of hydrogen-bond acceptors (Lipinski definition) is 5. The van der Waals surface area contributed by atoms with Crippen molar-refractivity contribution < 1.29 is 13.3 Å². The Balaban J connectivity index is 3.82. The Morgan fingerprint density at radius 2 is 1.79 bits per heavy atom. The highest BCUT2D eigenvalue weighted by atomic mass is 28.4. The number of nitrogens with zero attached hydrogens (tertiary/aromatic N) is 1. The third-order valence-electron chi connectivity index (χ3n) is 1.90. The maximum Gasteiger partial charge on any atom is 0.500 e. The number of nitrogens with two attached hydrogens (primary N) is 1. The fraction of sp³-hybridized carbons (Fsp3) is 0.875. The lowest BCUT2D eigenvalue weighted by atomic mass is 10.5. The van der Waals surface area contributed by atoms with E-state index in [-0.39, 0.29) is 0 Å². The average molecular weight is 220 g/mol. The summed E-state index contributed by atoms with van der Waals surface area (Å²) in [5, 5.41) is 0. The maximum absolute atomic E-state index is 5.30. The van der Waals surface area contributed by atoms with Crippen LogP contribution in [0.3, 0.4) is 0 Å². The number of hydrogen-bond donors (Lipinski definition) is 1. The van der Waals surface area contributed by atoms with E-state index in [0.717, 1.165) is 12.5 Å². The molecule has 0 rings (SSSR count). The Morgan fingerprint density at radius 3 is 2.21 bits per heavy atom. The molecule has 0 aliphatic carbocycles. The molecule has 6 heteroatoms. The minimum absolute atomic E-state index is 0.581. The number of rotatable bonds is 8. The molecule has 0 amide bonds. The van der Waals surface area contributed by atoms with Gasteiger partial charge in [0.25, 0.3) is 0 Å². The van der Waals surface area contributed by atoms with Crippen LogP contribution in [0.4, 0.5) is 0 Å². The first kappa shape index (κ1) is 13.7. The van der Waals surface area contributed by atoms with E-state index < -0.39 is 8.80 Å². The molecule has 2 N–H and O–H groups in total. The Bertz CT molecular complexity index is 154. The zero-order chi connectivity index (χ0) is 10.9. The van der Waals surface area contributed by atoms with Crippen molar-refractivity contribution in [2.45, 2.75) is 12.5 Å². The fourth-order valence-corrected chi connectivity index (χ4v) is 2.65. The van der Waals surface area contributed by atoms with E-state index in [1.54, 1.807) is 21.3 Å². The molecule has 0 fully saturated rings. The van der Waals surface area contributed by atoms with E-state index in [2.05, 4.69) is 4.99 Å². The van der Waals surface area contributed by atoms with Crippen molar-refractivity contribution in [1.29, 1.82) is 0 Å². The molecular weight excluding hydrogens is 200 g/mol. The van der Waals surface area contributed by atoms with Gasteiger partial charge < -0.3 is 19.0 Å². The quantitative estimate of drug-likeness (QED) is 0.471. The lowest BCUT2D eigenvalue weighted by molar-refractivity contribution is 0.124. The minimum atomic E-state index is -2.40. The monoisotopic (exact) mass is 220 g/mol. The van der Waals surface area contributed by atoms with Gasteiger partial charge in [0, 0.05) is 33.9 Å². The van der Waals surface area contributed by atoms with Gasteiger partial charge in [0.15, 0.2) is 0 Å². The van der Waals surface area contributed by atoms with Crippen LogP contribution < -0.4 is 5.73 Å². The molecule has 0 aliphatic heterocycles. The summed E-state index contributed by atoms with van der Waals surface area (Å²) in [5.74, 6) is 0. The van der Waals surface area contributed by atoms with Crippen molar-refractivity contribution >= 4 is 15.0 Å². The van der Waals surface area contributed by atoms with Crippen LogP contribution in [0.25, 0.3) is 0 Å². The third-order valence-corrected chi connectivity index (χ3v) is 4.67. The summed E-state index contributed by atoms with van der Waals surface area (Å²) in [6.45, 7) is 1.25. The first-order chi connectivity index (χ1) is 6.74. The normalized spacial score (nSPS) is 12.6. The van der Waals surface area contributed by atoms with Gasteiger partial charge in [-0.05, 0) is 12.6 Å². The summed E-state index contributed by atoms with van der Waals surface area (Å²) in [4.78, 5) is 4.10. The largest absolute Gasteiger partial charge is 0.500 e. The van der Waals surface area contributed by atoms with Crippen molar-refractivity contribution in [2.24, 2.45) is 10.7 Å². The molecule has 84 valence electrons. The molecule has 0 aromatic carbocycles. The molecule has 0 bridgehead atoms. The Labute approximate surface area is 86.6 Å². The van der Waals surface area contributed by atoms with E-state index >= 15 is 0 Å². The van der Waals surface area contributed by atoms with E-state index in [4.69, 9.17) is 19.0 Å². The van der Waals surface area contributed by atoms with Crippen molar-refractivity contribution in [3.8, 4) is 0 Å². The zero-order valence-electron chi connectivity index (χ0n) is 9.16. The topological polar surface area (TPSA) is 66.1 Å². The molecule has 0 radical (unpaired) electrons.